The van der Waals surface area contributed by atoms with Gasteiger partial charge in [-0.1, -0.05) is 47.7 Å². The first-order valence-corrected chi connectivity index (χ1v) is 10.4. The quantitative estimate of drug-likeness (QED) is 0.404. The molecule has 4 aromatic rings. The van der Waals surface area contributed by atoms with Gasteiger partial charge in [-0.25, -0.2) is 9.97 Å². The van der Waals surface area contributed by atoms with E-state index in [9.17, 15) is 4.79 Å². The van der Waals surface area contributed by atoms with E-state index in [1.165, 1.54) is 28.5 Å². The molecule has 1 aliphatic carbocycles. The zero-order valence-corrected chi connectivity index (χ0v) is 16.3. The second-order valence-electron chi connectivity index (χ2n) is 7.22. The maximum Gasteiger partial charge on any atom is 0.230 e. The molecule has 0 bridgehead atoms. The number of amides is 1. The van der Waals surface area contributed by atoms with E-state index in [1.807, 2.05) is 6.07 Å². The van der Waals surface area contributed by atoms with E-state index < -0.39 is 0 Å². The molecule has 0 unspecified atom stereocenters. The monoisotopic (exact) mass is 388 g/mol. The highest BCUT2D eigenvalue weighted by molar-refractivity contribution is 8.00. The van der Waals surface area contributed by atoms with Gasteiger partial charge in [0.25, 0.3) is 0 Å². The molecular weight excluding hydrogens is 368 g/mol. The largest absolute Gasteiger partial charge is 0.351 e. The molecule has 0 saturated heterocycles. The van der Waals surface area contributed by atoms with Crippen molar-refractivity contribution in [1.82, 2.24) is 20.3 Å². The van der Waals surface area contributed by atoms with E-state index in [2.05, 4.69) is 63.6 Å². The van der Waals surface area contributed by atoms with Crippen molar-refractivity contribution in [3.05, 3.63) is 65.5 Å². The maximum absolute atomic E-state index is 12.5. The summed E-state index contributed by atoms with van der Waals surface area (Å²) in [6.45, 7) is 2.07. The Morgan fingerprint density at radius 1 is 1.25 bits per heavy atom. The molecule has 2 aromatic carbocycles. The number of carbonyl (C=O) groups excluding carboxylic acids is 1. The van der Waals surface area contributed by atoms with Crippen LogP contribution in [-0.4, -0.2) is 26.6 Å². The van der Waals surface area contributed by atoms with Crippen molar-refractivity contribution in [2.45, 2.75) is 30.8 Å². The maximum atomic E-state index is 12.5. The SMILES string of the molecule is Cc1ccc2[nH]c3c(SCC(=O)N[C@H]4CCc5ccccc54)ncnc3c2c1. The van der Waals surface area contributed by atoms with Crippen LogP contribution in [0.3, 0.4) is 0 Å². The third-order valence-corrected chi connectivity index (χ3v) is 6.30. The fourth-order valence-electron chi connectivity index (χ4n) is 3.97. The highest BCUT2D eigenvalue weighted by Gasteiger charge is 2.23. The lowest BCUT2D eigenvalue weighted by Gasteiger charge is -2.13. The Hall–Kier alpha value is -2.86. The Bertz CT molecular complexity index is 1200. The minimum absolute atomic E-state index is 0.0328. The van der Waals surface area contributed by atoms with Crippen molar-refractivity contribution in [1.29, 1.82) is 0 Å². The molecule has 1 amide bonds. The third kappa shape index (κ3) is 3.03. The van der Waals surface area contributed by atoms with Gasteiger partial charge in [0.2, 0.25) is 5.91 Å². The summed E-state index contributed by atoms with van der Waals surface area (Å²) < 4.78 is 0. The molecule has 0 fully saturated rings. The second-order valence-corrected chi connectivity index (χ2v) is 8.19. The number of fused-ring (bicyclic) bond motifs is 4. The molecule has 0 saturated carbocycles. The van der Waals surface area contributed by atoms with Gasteiger partial charge in [0.15, 0.2) is 0 Å². The number of carbonyl (C=O) groups is 1. The van der Waals surface area contributed by atoms with Crippen molar-refractivity contribution in [2.24, 2.45) is 0 Å². The van der Waals surface area contributed by atoms with Gasteiger partial charge in [-0.2, -0.15) is 0 Å². The van der Waals surface area contributed by atoms with Crippen LogP contribution in [-0.2, 0) is 11.2 Å². The minimum atomic E-state index is 0.0328. The topological polar surface area (TPSA) is 70.7 Å². The van der Waals surface area contributed by atoms with Crippen LogP contribution in [0.5, 0.6) is 0 Å². The molecule has 6 heteroatoms. The lowest BCUT2D eigenvalue weighted by molar-refractivity contribution is -0.119. The fourth-order valence-corrected chi connectivity index (χ4v) is 4.74. The van der Waals surface area contributed by atoms with Crippen molar-refractivity contribution < 1.29 is 4.79 Å². The summed E-state index contributed by atoms with van der Waals surface area (Å²) in [6, 6.07) is 14.7. The number of hydrogen-bond acceptors (Lipinski definition) is 4. The highest BCUT2D eigenvalue weighted by atomic mass is 32.2. The molecule has 140 valence electrons. The fraction of sp³-hybridized carbons (Fsp3) is 0.227. The first-order valence-electron chi connectivity index (χ1n) is 9.42. The molecule has 2 N–H and O–H groups in total. The predicted molar refractivity (Wildman–Crippen MR) is 113 cm³/mol. The van der Waals surface area contributed by atoms with Gasteiger partial charge in [0.1, 0.15) is 16.9 Å². The standard InChI is InChI=1S/C22H20N4OS/c1-13-6-8-18-16(10-13)20-21(26-18)22(24-12-23-20)28-11-19(27)25-17-9-7-14-4-2-3-5-15(14)17/h2-6,8,10,12,17,26H,7,9,11H2,1H3,(H,25,27)/t17-/m0/s1. The van der Waals surface area contributed by atoms with Gasteiger partial charge in [-0.15, -0.1) is 0 Å². The number of H-pyrrole nitrogens is 1. The third-order valence-electron chi connectivity index (χ3n) is 5.31. The van der Waals surface area contributed by atoms with E-state index in [-0.39, 0.29) is 11.9 Å². The molecule has 5 nitrogen and oxygen atoms in total. The highest BCUT2D eigenvalue weighted by Crippen LogP contribution is 2.32. The van der Waals surface area contributed by atoms with E-state index >= 15 is 0 Å². The van der Waals surface area contributed by atoms with Crippen LogP contribution in [0.4, 0.5) is 0 Å². The van der Waals surface area contributed by atoms with Gasteiger partial charge >= 0.3 is 0 Å². The van der Waals surface area contributed by atoms with E-state index in [0.717, 1.165) is 39.8 Å². The lowest BCUT2D eigenvalue weighted by atomic mass is 10.1. The normalized spacial score (nSPS) is 15.8. The van der Waals surface area contributed by atoms with Crippen LogP contribution in [0.25, 0.3) is 21.9 Å². The second kappa shape index (κ2) is 6.95. The number of nitrogens with zero attached hydrogens (tertiary/aromatic N) is 2. The Morgan fingerprint density at radius 2 is 2.14 bits per heavy atom. The van der Waals surface area contributed by atoms with Gasteiger partial charge in [0.05, 0.1) is 17.3 Å². The van der Waals surface area contributed by atoms with Crippen LogP contribution >= 0.6 is 11.8 Å². The van der Waals surface area contributed by atoms with Crippen LogP contribution < -0.4 is 5.32 Å². The molecule has 1 aliphatic rings. The summed E-state index contributed by atoms with van der Waals surface area (Å²) >= 11 is 1.45. The van der Waals surface area contributed by atoms with Crippen molar-refractivity contribution >= 4 is 39.6 Å². The Kier molecular flexibility index (Phi) is 4.28. The molecule has 2 heterocycles. The Labute approximate surface area is 167 Å². The zero-order valence-electron chi connectivity index (χ0n) is 15.5. The van der Waals surface area contributed by atoms with Crippen LogP contribution in [0.15, 0.2) is 53.8 Å². The summed E-state index contributed by atoms with van der Waals surface area (Å²) in [6.07, 6.45) is 3.57. The van der Waals surface area contributed by atoms with Crippen LogP contribution in [0.2, 0.25) is 0 Å². The Morgan fingerprint density at radius 3 is 3.07 bits per heavy atom. The summed E-state index contributed by atoms with van der Waals surface area (Å²) in [4.78, 5) is 24.8. The van der Waals surface area contributed by atoms with Gasteiger partial charge in [-0.3, -0.25) is 4.79 Å². The van der Waals surface area contributed by atoms with Crippen molar-refractivity contribution in [3.63, 3.8) is 0 Å². The predicted octanol–water partition coefficient (Wildman–Crippen LogP) is 4.32. The first-order chi connectivity index (χ1) is 13.7. The molecule has 2 aromatic heterocycles. The van der Waals surface area contributed by atoms with Gasteiger partial charge < -0.3 is 10.3 Å². The van der Waals surface area contributed by atoms with Crippen LogP contribution in [0, 0.1) is 6.92 Å². The van der Waals surface area contributed by atoms with Crippen molar-refractivity contribution in [3.8, 4) is 0 Å². The first kappa shape index (κ1) is 17.3. The van der Waals surface area contributed by atoms with Gasteiger partial charge in [-0.05, 0) is 43.0 Å². The smallest absolute Gasteiger partial charge is 0.230 e. The molecule has 0 aliphatic heterocycles. The number of rotatable bonds is 4. The number of aromatic amines is 1. The number of thioether (sulfide) groups is 1. The molecular formula is C22H20N4OS. The van der Waals surface area contributed by atoms with Crippen molar-refractivity contribution in [2.75, 3.05) is 5.75 Å². The molecule has 1 atom stereocenters. The number of nitrogens with one attached hydrogen (secondary N) is 2. The van der Waals surface area contributed by atoms with Gasteiger partial charge in [0, 0.05) is 10.9 Å². The van der Waals surface area contributed by atoms with E-state index in [0.29, 0.717) is 5.75 Å². The average Bonchev–Trinajstić information content (AvgIpc) is 3.28. The summed E-state index contributed by atoms with van der Waals surface area (Å²) in [5.41, 5.74) is 6.61. The number of hydrogen-bond donors (Lipinski definition) is 2. The van der Waals surface area contributed by atoms with E-state index in [1.54, 1.807) is 6.33 Å². The lowest BCUT2D eigenvalue weighted by Crippen LogP contribution is -2.28. The van der Waals surface area contributed by atoms with Crippen LogP contribution in [0.1, 0.15) is 29.2 Å². The summed E-state index contributed by atoms with van der Waals surface area (Å²) in [5.74, 6) is 0.365. The molecule has 28 heavy (non-hydrogen) atoms. The zero-order chi connectivity index (χ0) is 19.1. The van der Waals surface area contributed by atoms with E-state index in [4.69, 9.17) is 0 Å². The summed E-state index contributed by atoms with van der Waals surface area (Å²) in [7, 11) is 0. The Balaban J connectivity index is 1.33. The average molecular weight is 388 g/mol. The summed E-state index contributed by atoms with van der Waals surface area (Å²) in [5, 5.41) is 5.07. The molecule has 5 rings (SSSR count). The number of aromatic nitrogens is 3. The molecule has 0 radical (unpaired) electrons. The molecule has 0 spiro atoms. The minimum Gasteiger partial charge on any atom is -0.351 e. The number of benzene rings is 2. The number of aryl methyl sites for hydroxylation is 2.